The van der Waals surface area contributed by atoms with E-state index in [9.17, 15) is 28.8 Å². The highest BCUT2D eigenvalue weighted by atomic mass is 79.9. The lowest BCUT2D eigenvalue weighted by Gasteiger charge is -2.34. The van der Waals surface area contributed by atoms with Gasteiger partial charge in [0.2, 0.25) is 11.9 Å². The number of aromatic amines is 1. The molecule has 1 heterocycles. The normalized spacial score (nSPS) is 14.0. The Labute approximate surface area is 219 Å². The van der Waals surface area contributed by atoms with Crippen molar-refractivity contribution in [2.75, 3.05) is 6.61 Å². The summed E-state index contributed by atoms with van der Waals surface area (Å²) in [7, 11) is 0. The number of ketones is 1. The predicted octanol–water partition coefficient (Wildman–Crippen LogP) is 1.80. The van der Waals surface area contributed by atoms with E-state index in [1.807, 2.05) is 0 Å². The first kappa shape index (κ1) is 29.4. The molecule has 37 heavy (non-hydrogen) atoms. The Morgan fingerprint density at radius 3 is 1.92 bits per heavy atom. The van der Waals surface area contributed by atoms with Crippen LogP contribution in [0.4, 0.5) is 0 Å². The number of nitrogens with zero attached hydrogens (tertiary/aromatic N) is 1. The maximum atomic E-state index is 13.7. The summed E-state index contributed by atoms with van der Waals surface area (Å²) >= 11 is 3.31. The van der Waals surface area contributed by atoms with Crippen molar-refractivity contribution in [3.63, 3.8) is 0 Å². The van der Waals surface area contributed by atoms with E-state index in [2.05, 4.69) is 26.1 Å². The highest BCUT2D eigenvalue weighted by molar-refractivity contribution is 9.10. The molecule has 2 rings (SSSR count). The largest absolute Gasteiger partial charge is 0.462 e. The van der Waals surface area contributed by atoms with E-state index >= 15 is 0 Å². The summed E-state index contributed by atoms with van der Waals surface area (Å²) in [5.74, 6) is -5.36. The van der Waals surface area contributed by atoms with Gasteiger partial charge >= 0.3 is 29.8 Å². The molecule has 0 saturated carbocycles. The quantitative estimate of drug-likeness (QED) is 0.230. The van der Waals surface area contributed by atoms with Crippen LogP contribution in [0.25, 0.3) is 10.9 Å². The zero-order chi connectivity index (χ0) is 27.9. The maximum Gasteiger partial charge on any atom is 0.303 e. The van der Waals surface area contributed by atoms with Crippen molar-refractivity contribution in [1.29, 1.82) is 0 Å². The number of hydrogen-bond acceptors (Lipinski definition) is 12. The lowest BCUT2D eigenvalue weighted by atomic mass is 9.96. The third kappa shape index (κ3) is 8.37. The summed E-state index contributed by atoms with van der Waals surface area (Å²) in [6.45, 7) is 4.50. The minimum absolute atomic E-state index is 0.176. The molecule has 1 N–H and O–H groups in total. The zero-order valence-electron chi connectivity index (χ0n) is 20.6. The van der Waals surface area contributed by atoms with Crippen molar-refractivity contribution in [3.8, 4) is 0 Å². The standard InChI is InChI=1S/C23H25BrN2O11/c1-10(27)33-9-18(34-11(2)28)21(35-12(3)29)23(37-14(5)31)22(36-13(4)30)20(32)19-16-8-15(24)6-7-17(16)25-26-19/h6-8,18,21-23H,9H2,1-5H3,(H,25,26)/t18-,21+,22+,23+/m1/s1. The third-order valence-electron chi connectivity index (χ3n) is 4.67. The molecule has 0 fully saturated rings. The number of aromatic nitrogens is 2. The van der Waals surface area contributed by atoms with Crippen molar-refractivity contribution in [2.45, 2.75) is 59.0 Å². The van der Waals surface area contributed by atoms with Gasteiger partial charge in [0.25, 0.3) is 0 Å². The van der Waals surface area contributed by atoms with Gasteiger partial charge in [-0.3, -0.25) is 33.9 Å². The van der Waals surface area contributed by atoms with Gasteiger partial charge in [-0.2, -0.15) is 5.10 Å². The van der Waals surface area contributed by atoms with Crippen LogP contribution in [0.5, 0.6) is 0 Å². The number of rotatable bonds is 11. The van der Waals surface area contributed by atoms with Crippen molar-refractivity contribution in [2.24, 2.45) is 0 Å². The highest BCUT2D eigenvalue weighted by Gasteiger charge is 2.47. The van der Waals surface area contributed by atoms with Gasteiger partial charge in [-0.15, -0.1) is 0 Å². The number of hydrogen-bond donors (Lipinski definition) is 1. The van der Waals surface area contributed by atoms with Gasteiger partial charge in [0.15, 0.2) is 18.3 Å². The molecular formula is C23H25BrN2O11. The SMILES string of the molecule is CC(=O)OC[C@@H](OC(C)=O)[C@H](OC(C)=O)[C@H](OC(C)=O)[C@@H](OC(C)=O)C(=O)c1n[nH]c2ccc(Br)cc12. The highest BCUT2D eigenvalue weighted by Crippen LogP contribution is 2.26. The van der Waals surface area contributed by atoms with Crippen LogP contribution in [0.2, 0.25) is 0 Å². The number of benzene rings is 1. The average Bonchev–Trinajstić information content (AvgIpc) is 3.19. The monoisotopic (exact) mass is 584 g/mol. The van der Waals surface area contributed by atoms with Gasteiger partial charge < -0.3 is 23.7 Å². The smallest absolute Gasteiger partial charge is 0.303 e. The van der Waals surface area contributed by atoms with Crippen molar-refractivity contribution < 1.29 is 52.5 Å². The van der Waals surface area contributed by atoms with Crippen LogP contribution in [-0.2, 0) is 47.7 Å². The van der Waals surface area contributed by atoms with Crippen LogP contribution < -0.4 is 0 Å². The van der Waals surface area contributed by atoms with Crippen LogP contribution in [0.3, 0.4) is 0 Å². The molecule has 0 aliphatic rings. The van der Waals surface area contributed by atoms with E-state index in [4.69, 9.17) is 23.7 Å². The third-order valence-corrected chi connectivity index (χ3v) is 5.16. The fourth-order valence-electron chi connectivity index (χ4n) is 3.40. The first-order valence-electron chi connectivity index (χ1n) is 10.8. The molecule has 0 aliphatic carbocycles. The van der Waals surface area contributed by atoms with Crippen LogP contribution in [0, 0.1) is 0 Å². The van der Waals surface area contributed by atoms with E-state index in [-0.39, 0.29) is 5.69 Å². The molecule has 0 saturated heterocycles. The first-order valence-corrected chi connectivity index (χ1v) is 11.6. The topological polar surface area (TPSA) is 177 Å². The molecule has 0 spiro atoms. The second-order valence-corrected chi connectivity index (χ2v) is 8.67. The minimum atomic E-state index is -1.91. The second-order valence-electron chi connectivity index (χ2n) is 7.75. The van der Waals surface area contributed by atoms with Gasteiger partial charge in [0.05, 0.1) is 5.52 Å². The first-order chi connectivity index (χ1) is 17.3. The Morgan fingerprint density at radius 2 is 1.38 bits per heavy atom. The number of fused-ring (bicyclic) bond motifs is 1. The molecule has 0 unspecified atom stereocenters. The number of ether oxygens (including phenoxy) is 5. The molecule has 1 aromatic carbocycles. The summed E-state index contributed by atoms with van der Waals surface area (Å²) in [6, 6.07) is 4.93. The van der Waals surface area contributed by atoms with Gasteiger partial charge in [-0.05, 0) is 18.2 Å². The van der Waals surface area contributed by atoms with Crippen molar-refractivity contribution in [3.05, 3.63) is 28.4 Å². The summed E-state index contributed by atoms with van der Waals surface area (Å²) in [5, 5.41) is 7.03. The molecule has 14 heteroatoms. The average molecular weight is 585 g/mol. The molecule has 200 valence electrons. The van der Waals surface area contributed by atoms with Crippen LogP contribution >= 0.6 is 15.9 Å². The molecule has 0 amide bonds. The van der Waals surface area contributed by atoms with Crippen LogP contribution in [-0.4, -0.2) is 76.8 Å². The Kier molecular flexibility index (Phi) is 10.3. The molecule has 0 aliphatic heterocycles. The Hall–Kier alpha value is -3.81. The molecular weight excluding hydrogens is 560 g/mol. The zero-order valence-corrected chi connectivity index (χ0v) is 22.2. The number of halogens is 1. The van der Waals surface area contributed by atoms with Gasteiger partial charge in [0.1, 0.15) is 12.3 Å². The molecule has 2 aromatic rings. The number of carbonyl (C=O) groups is 6. The van der Waals surface area contributed by atoms with E-state index in [1.165, 1.54) is 0 Å². The molecule has 0 bridgehead atoms. The predicted molar refractivity (Wildman–Crippen MR) is 127 cm³/mol. The van der Waals surface area contributed by atoms with Gasteiger partial charge in [-0.1, -0.05) is 15.9 Å². The Bertz CT molecular complexity index is 1210. The lowest BCUT2D eigenvalue weighted by molar-refractivity contribution is -0.199. The molecule has 4 atom stereocenters. The number of nitrogens with one attached hydrogen (secondary N) is 1. The van der Waals surface area contributed by atoms with Crippen molar-refractivity contribution >= 4 is 62.5 Å². The molecule has 1 aromatic heterocycles. The van der Waals surface area contributed by atoms with Crippen molar-refractivity contribution in [1.82, 2.24) is 10.2 Å². The second kappa shape index (κ2) is 12.9. The number of carbonyl (C=O) groups excluding carboxylic acids is 6. The lowest BCUT2D eigenvalue weighted by Crippen LogP contribution is -2.55. The van der Waals surface area contributed by atoms with E-state index < -0.39 is 66.7 Å². The van der Waals surface area contributed by atoms with Crippen LogP contribution in [0.15, 0.2) is 22.7 Å². The summed E-state index contributed by atoms with van der Waals surface area (Å²) < 4.78 is 26.6. The Morgan fingerprint density at radius 1 is 0.811 bits per heavy atom. The van der Waals surface area contributed by atoms with E-state index in [0.29, 0.717) is 15.4 Å². The fourth-order valence-corrected chi connectivity index (χ4v) is 3.77. The summed E-state index contributed by atoms with van der Waals surface area (Å²) in [5.41, 5.74) is 0.298. The minimum Gasteiger partial charge on any atom is -0.462 e. The van der Waals surface area contributed by atoms with E-state index in [0.717, 1.165) is 34.6 Å². The van der Waals surface area contributed by atoms with E-state index in [1.54, 1.807) is 18.2 Å². The maximum absolute atomic E-state index is 13.7. The number of Topliss-reactive ketones (excluding diaryl/α,β-unsaturated/α-hetero) is 1. The number of H-pyrrole nitrogens is 1. The molecule has 13 nitrogen and oxygen atoms in total. The number of esters is 5. The molecule has 0 radical (unpaired) electrons. The van der Waals surface area contributed by atoms with Crippen LogP contribution in [0.1, 0.15) is 45.1 Å². The van der Waals surface area contributed by atoms with Gasteiger partial charge in [-0.25, -0.2) is 0 Å². The van der Waals surface area contributed by atoms with Gasteiger partial charge in [0, 0.05) is 44.5 Å². The Balaban J connectivity index is 2.67. The summed E-state index contributed by atoms with van der Waals surface area (Å²) in [4.78, 5) is 73.0. The summed E-state index contributed by atoms with van der Waals surface area (Å²) in [6.07, 6.45) is -7.04. The fraction of sp³-hybridized carbons (Fsp3) is 0.435.